The number of sulfonamides is 1. The summed E-state index contributed by atoms with van der Waals surface area (Å²) >= 11 is 6.03. The van der Waals surface area contributed by atoms with Crippen molar-refractivity contribution in [3.63, 3.8) is 0 Å². The van der Waals surface area contributed by atoms with Gasteiger partial charge in [0.2, 0.25) is 16.0 Å². The zero-order valence-electron chi connectivity index (χ0n) is 21.2. The van der Waals surface area contributed by atoms with Gasteiger partial charge in [0, 0.05) is 56.3 Å². The Hall–Kier alpha value is -3.05. The number of rotatable bonds is 6. The average Bonchev–Trinajstić information content (AvgIpc) is 3.35. The smallest absolute Gasteiger partial charge is 0.243 e. The van der Waals surface area contributed by atoms with Crippen LogP contribution < -0.4 is 4.90 Å². The summed E-state index contributed by atoms with van der Waals surface area (Å²) in [6.45, 7) is 2.50. The number of aromatic nitrogens is 4. The van der Waals surface area contributed by atoms with E-state index in [0.29, 0.717) is 37.7 Å². The van der Waals surface area contributed by atoms with Crippen LogP contribution in [0.1, 0.15) is 35.8 Å². The van der Waals surface area contributed by atoms with Crippen molar-refractivity contribution in [3.8, 4) is 0 Å². The van der Waals surface area contributed by atoms with Crippen LogP contribution in [-0.2, 0) is 23.0 Å². The van der Waals surface area contributed by atoms with E-state index >= 15 is 0 Å². The lowest BCUT2D eigenvalue weighted by molar-refractivity contribution is 0.206. The summed E-state index contributed by atoms with van der Waals surface area (Å²) in [5.41, 5.74) is 4.31. The highest BCUT2D eigenvalue weighted by molar-refractivity contribution is 7.89. The van der Waals surface area contributed by atoms with Crippen LogP contribution in [0.15, 0.2) is 66.0 Å². The normalized spacial score (nSPS) is 18.7. The lowest BCUT2D eigenvalue weighted by Gasteiger charge is -2.34. The van der Waals surface area contributed by atoms with Crippen molar-refractivity contribution >= 4 is 33.2 Å². The van der Waals surface area contributed by atoms with Crippen molar-refractivity contribution in [2.45, 2.75) is 36.7 Å². The van der Waals surface area contributed by atoms with Crippen molar-refractivity contribution in [2.75, 3.05) is 38.1 Å². The van der Waals surface area contributed by atoms with Crippen LogP contribution in [0.25, 0.3) is 5.65 Å². The van der Waals surface area contributed by atoms with Crippen LogP contribution in [0.5, 0.6) is 0 Å². The molecule has 0 N–H and O–H groups in total. The second kappa shape index (κ2) is 10.3. The Labute approximate surface area is 227 Å². The third kappa shape index (κ3) is 4.77. The van der Waals surface area contributed by atoms with E-state index in [1.807, 2.05) is 28.9 Å². The number of hydrogen-bond donors (Lipinski definition) is 0. The number of imidazole rings is 1. The predicted molar refractivity (Wildman–Crippen MR) is 147 cm³/mol. The molecule has 0 amide bonds. The molecule has 0 bridgehead atoms. The fourth-order valence-electron chi connectivity index (χ4n) is 5.55. The zero-order chi connectivity index (χ0) is 26.3. The molecule has 1 atom stereocenters. The van der Waals surface area contributed by atoms with Crippen LogP contribution in [0.4, 0.5) is 5.95 Å². The van der Waals surface area contributed by atoms with Gasteiger partial charge in [0.05, 0.1) is 22.3 Å². The highest BCUT2D eigenvalue weighted by Gasteiger charge is 2.30. The fourth-order valence-corrected chi connectivity index (χ4v) is 7.27. The van der Waals surface area contributed by atoms with E-state index in [1.54, 1.807) is 24.4 Å². The first-order valence-corrected chi connectivity index (χ1v) is 14.7. The van der Waals surface area contributed by atoms with Crippen LogP contribution in [0.2, 0.25) is 5.02 Å². The van der Waals surface area contributed by atoms with Crippen LogP contribution in [0.3, 0.4) is 0 Å². The van der Waals surface area contributed by atoms with E-state index in [4.69, 9.17) is 21.6 Å². The van der Waals surface area contributed by atoms with Gasteiger partial charge in [0.15, 0.2) is 0 Å². The molecule has 1 unspecified atom stereocenters. The third-order valence-electron chi connectivity index (χ3n) is 7.48. The molecule has 2 aliphatic rings. The van der Waals surface area contributed by atoms with E-state index in [2.05, 4.69) is 27.9 Å². The van der Waals surface area contributed by atoms with Crippen LogP contribution in [-0.4, -0.2) is 70.2 Å². The average molecular weight is 552 g/mol. The molecule has 0 saturated carbocycles. The molecule has 3 aromatic heterocycles. The Morgan fingerprint density at radius 1 is 1.05 bits per heavy atom. The van der Waals surface area contributed by atoms with Crippen molar-refractivity contribution < 1.29 is 8.42 Å². The third-order valence-corrected chi connectivity index (χ3v) is 9.61. The minimum Gasteiger partial charge on any atom is -0.339 e. The van der Waals surface area contributed by atoms with Gasteiger partial charge in [0.25, 0.3) is 0 Å². The first kappa shape index (κ1) is 25.2. The van der Waals surface area contributed by atoms with E-state index < -0.39 is 10.0 Å². The van der Waals surface area contributed by atoms with Gasteiger partial charge < -0.3 is 4.90 Å². The molecule has 1 aliphatic heterocycles. The second-order valence-electron chi connectivity index (χ2n) is 9.92. The van der Waals surface area contributed by atoms with Gasteiger partial charge in [-0.25, -0.2) is 18.4 Å². The minimum atomic E-state index is -3.60. The Kier molecular flexibility index (Phi) is 6.81. The second-order valence-corrected chi connectivity index (χ2v) is 12.3. The topological polar surface area (TPSA) is 86.9 Å². The highest BCUT2D eigenvalue weighted by Crippen LogP contribution is 2.33. The Balaban J connectivity index is 1.18. The van der Waals surface area contributed by atoms with E-state index in [-0.39, 0.29) is 10.9 Å². The first-order chi connectivity index (χ1) is 18.4. The molecular weight excluding hydrogens is 522 g/mol. The van der Waals surface area contributed by atoms with Gasteiger partial charge >= 0.3 is 0 Å². The van der Waals surface area contributed by atoms with E-state index in [0.717, 1.165) is 36.6 Å². The SMILES string of the molecule is CN(Cc1cn2c(N3CCN(S(=O)(=O)c4cccc(Cl)c4)CC3)nccc2n1)C1CCCc2cccnc21. The molecule has 4 heterocycles. The summed E-state index contributed by atoms with van der Waals surface area (Å²) in [4.78, 5) is 18.9. The summed E-state index contributed by atoms with van der Waals surface area (Å²) in [6.07, 6.45) is 9.03. The standard InChI is InChI=1S/C27H30ClN7O2S/c1-32(24-9-2-5-20-6-4-11-29-26(20)24)18-22-19-35-25(31-22)10-12-30-27(35)33-13-15-34(16-14-33)38(36,37)23-8-3-7-21(28)17-23/h3-4,6-8,10-12,17,19,24H,2,5,9,13-16,18H2,1H3. The summed E-state index contributed by atoms with van der Waals surface area (Å²) in [5, 5.41) is 0.408. The van der Waals surface area contributed by atoms with Gasteiger partial charge in [0.1, 0.15) is 5.65 Å². The number of pyridine rings is 1. The lowest BCUT2D eigenvalue weighted by Crippen LogP contribution is -2.49. The summed E-state index contributed by atoms with van der Waals surface area (Å²) in [7, 11) is -1.47. The highest BCUT2D eigenvalue weighted by atomic mass is 35.5. The van der Waals surface area contributed by atoms with Crippen LogP contribution in [0, 0.1) is 0 Å². The minimum absolute atomic E-state index is 0.220. The molecule has 1 saturated heterocycles. The van der Waals surface area contributed by atoms with Gasteiger partial charge in [-0.1, -0.05) is 23.7 Å². The van der Waals surface area contributed by atoms with Crippen molar-refractivity contribution in [3.05, 3.63) is 83.0 Å². The Morgan fingerprint density at radius 3 is 2.71 bits per heavy atom. The van der Waals surface area contributed by atoms with Gasteiger partial charge in [-0.05, 0) is 62.2 Å². The summed E-state index contributed by atoms with van der Waals surface area (Å²) in [5.74, 6) is 0.772. The molecule has 0 radical (unpaired) electrons. The van der Waals surface area contributed by atoms with Crippen LogP contribution >= 0.6 is 11.6 Å². The Morgan fingerprint density at radius 2 is 1.89 bits per heavy atom. The lowest BCUT2D eigenvalue weighted by atomic mass is 9.91. The molecule has 6 rings (SSSR count). The molecule has 9 nitrogen and oxygen atoms in total. The number of piperazine rings is 1. The number of nitrogens with zero attached hydrogens (tertiary/aromatic N) is 7. The zero-order valence-corrected chi connectivity index (χ0v) is 22.8. The monoisotopic (exact) mass is 551 g/mol. The number of benzene rings is 1. The fraction of sp³-hybridized carbons (Fsp3) is 0.370. The molecule has 4 aromatic rings. The maximum Gasteiger partial charge on any atom is 0.243 e. The van der Waals surface area contributed by atoms with Gasteiger partial charge in [-0.2, -0.15) is 4.31 Å². The number of halogens is 1. The van der Waals surface area contributed by atoms with Crippen molar-refractivity contribution in [1.82, 2.24) is 28.6 Å². The summed E-state index contributed by atoms with van der Waals surface area (Å²) in [6, 6.07) is 12.8. The van der Waals surface area contributed by atoms with E-state index in [9.17, 15) is 8.42 Å². The first-order valence-electron chi connectivity index (χ1n) is 12.9. The molecule has 11 heteroatoms. The van der Waals surface area contributed by atoms with Gasteiger partial charge in [-0.3, -0.25) is 14.3 Å². The van der Waals surface area contributed by atoms with Gasteiger partial charge in [-0.15, -0.1) is 0 Å². The largest absolute Gasteiger partial charge is 0.339 e. The number of anilines is 1. The molecule has 38 heavy (non-hydrogen) atoms. The molecule has 198 valence electrons. The Bertz CT molecular complexity index is 1570. The number of hydrogen-bond acceptors (Lipinski definition) is 7. The summed E-state index contributed by atoms with van der Waals surface area (Å²) < 4.78 is 29.8. The molecule has 1 aromatic carbocycles. The number of aryl methyl sites for hydroxylation is 1. The molecule has 1 fully saturated rings. The number of fused-ring (bicyclic) bond motifs is 2. The van der Waals surface area contributed by atoms with Crippen molar-refractivity contribution in [1.29, 1.82) is 0 Å². The molecule has 0 spiro atoms. The molecule has 1 aliphatic carbocycles. The van der Waals surface area contributed by atoms with Crippen molar-refractivity contribution in [2.24, 2.45) is 0 Å². The molecular formula is C27H30ClN7O2S. The van der Waals surface area contributed by atoms with E-state index in [1.165, 1.54) is 21.6 Å². The maximum absolute atomic E-state index is 13.1. The maximum atomic E-state index is 13.1. The quantitative estimate of drug-likeness (QED) is 0.360. The predicted octanol–water partition coefficient (Wildman–Crippen LogP) is 3.80.